The molecule has 0 saturated heterocycles. The van der Waals surface area contributed by atoms with Crippen LogP contribution in [0.25, 0.3) is 11.3 Å². The molecule has 0 atom stereocenters. The molecular formula is C11H8N4OS. The van der Waals surface area contributed by atoms with Gasteiger partial charge in [-0.3, -0.25) is 5.10 Å². The molecule has 3 heterocycles. The van der Waals surface area contributed by atoms with E-state index in [1.165, 1.54) is 11.3 Å². The maximum Gasteiger partial charge on any atom is 0.280 e. The molecule has 0 spiro atoms. The Bertz CT molecular complexity index is 591. The normalized spacial score (nSPS) is 10.4. The van der Waals surface area contributed by atoms with Crippen LogP contribution in [-0.4, -0.2) is 20.2 Å². The van der Waals surface area contributed by atoms with Crippen LogP contribution < -0.4 is 4.74 Å². The highest BCUT2D eigenvalue weighted by molar-refractivity contribution is 7.11. The molecule has 0 amide bonds. The monoisotopic (exact) mass is 244 g/mol. The number of hydrogen-bond acceptors (Lipinski definition) is 5. The van der Waals surface area contributed by atoms with E-state index < -0.39 is 0 Å². The standard InChI is InChI=1S/C11H8N4OS/c1-2-4-12-10(3-1)16-11-15-9(7-17-11)8-5-13-14-6-8/h1-7H,(H,13,14). The van der Waals surface area contributed by atoms with Crippen LogP contribution in [0.15, 0.2) is 42.2 Å². The van der Waals surface area contributed by atoms with Gasteiger partial charge in [-0.15, -0.1) is 0 Å². The van der Waals surface area contributed by atoms with Crippen molar-refractivity contribution < 1.29 is 4.74 Å². The van der Waals surface area contributed by atoms with Crippen LogP contribution in [0, 0.1) is 0 Å². The fourth-order valence-electron chi connectivity index (χ4n) is 1.32. The van der Waals surface area contributed by atoms with Crippen LogP contribution in [0.5, 0.6) is 11.1 Å². The van der Waals surface area contributed by atoms with Crippen LogP contribution in [0.1, 0.15) is 0 Å². The van der Waals surface area contributed by atoms with E-state index in [4.69, 9.17) is 4.74 Å². The molecule has 3 aromatic rings. The van der Waals surface area contributed by atoms with E-state index in [-0.39, 0.29) is 0 Å². The van der Waals surface area contributed by atoms with Crippen molar-refractivity contribution in [1.29, 1.82) is 0 Å². The number of hydrogen-bond donors (Lipinski definition) is 1. The Morgan fingerprint density at radius 1 is 1.29 bits per heavy atom. The number of rotatable bonds is 3. The zero-order valence-corrected chi connectivity index (χ0v) is 9.52. The predicted octanol–water partition coefficient (Wildman–Crippen LogP) is 2.72. The number of thiazole rings is 1. The Morgan fingerprint density at radius 2 is 2.29 bits per heavy atom. The molecule has 3 aromatic heterocycles. The van der Waals surface area contributed by atoms with E-state index in [0.717, 1.165) is 11.3 Å². The maximum atomic E-state index is 5.52. The fraction of sp³-hybridized carbons (Fsp3) is 0. The van der Waals surface area contributed by atoms with Crippen molar-refractivity contribution in [2.24, 2.45) is 0 Å². The predicted molar refractivity (Wildman–Crippen MR) is 64.0 cm³/mol. The van der Waals surface area contributed by atoms with E-state index in [0.29, 0.717) is 11.1 Å². The number of ether oxygens (including phenoxy) is 1. The highest BCUT2D eigenvalue weighted by Crippen LogP contribution is 2.28. The van der Waals surface area contributed by atoms with Crippen molar-refractivity contribution >= 4 is 11.3 Å². The Hall–Kier alpha value is -2.21. The highest BCUT2D eigenvalue weighted by atomic mass is 32.1. The van der Waals surface area contributed by atoms with Gasteiger partial charge in [0.05, 0.1) is 11.9 Å². The summed E-state index contributed by atoms with van der Waals surface area (Å²) in [6, 6.07) is 5.50. The number of nitrogens with zero attached hydrogens (tertiary/aromatic N) is 3. The quantitative estimate of drug-likeness (QED) is 0.769. The maximum absolute atomic E-state index is 5.52. The van der Waals surface area contributed by atoms with Gasteiger partial charge in [0.1, 0.15) is 0 Å². The lowest BCUT2D eigenvalue weighted by Gasteiger charge is -1.97. The fourth-order valence-corrected chi connectivity index (χ4v) is 2.01. The van der Waals surface area contributed by atoms with Gasteiger partial charge in [0.15, 0.2) is 0 Å². The van der Waals surface area contributed by atoms with E-state index in [1.54, 1.807) is 24.7 Å². The number of nitrogens with one attached hydrogen (secondary N) is 1. The van der Waals surface area contributed by atoms with E-state index >= 15 is 0 Å². The zero-order valence-electron chi connectivity index (χ0n) is 8.70. The second-order valence-corrected chi connectivity index (χ2v) is 4.08. The zero-order chi connectivity index (χ0) is 11.5. The van der Waals surface area contributed by atoms with Crippen LogP contribution >= 0.6 is 11.3 Å². The molecule has 5 nitrogen and oxygen atoms in total. The molecule has 1 N–H and O–H groups in total. The molecule has 3 rings (SSSR count). The van der Waals surface area contributed by atoms with Gasteiger partial charge in [-0.2, -0.15) is 5.10 Å². The molecule has 0 unspecified atom stereocenters. The van der Waals surface area contributed by atoms with Gasteiger partial charge >= 0.3 is 0 Å². The van der Waals surface area contributed by atoms with Crippen LogP contribution in [0.3, 0.4) is 0 Å². The minimum Gasteiger partial charge on any atom is -0.412 e. The van der Waals surface area contributed by atoms with Gasteiger partial charge < -0.3 is 4.74 Å². The average Bonchev–Trinajstić information content (AvgIpc) is 3.00. The Kier molecular flexibility index (Phi) is 2.55. The molecule has 0 aliphatic carbocycles. The van der Waals surface area contributed by atoms with Gasteiger partial charge in [0.2, 0.25) is 5.88 Å². The summed E-state index contributed by atoms with van der Waals surface area (Å²) in [6.07, 6.45) is 5.19. The van der Waals surface area contributed by atoms with Gasteiger partial charge in [0.25, 0.3) is 5.19 Å². The van der Waals surface area contributed by atoms with Gasteiger partial charge in [-0.1, -0.05) is 17.4 Å². The Morgan fingerprint density at radius 3 is 3.06 bits per heavy atom. The lowest BCUT2D eigenvalue weighted by Crippen LogP contribution is -1.85. The summed E-state index contributed by atoms with van der Waals surface area (Å²) in [5.74, 6) is 0.542. The number of pyridine rings is 1. The molecule has 84 valence electrons. The third-order valence-corrected chi connectivity index (χ3v) is 2.82. The summed E-state index contributed by atoms with van der Waals surface area (Å²) < 4.78 is 5.52. The molecule has 17 heavy (non-hydrogen) atoms. The smallest absolute Gasteiger partial charge is 0.280 e. The third-order valence-electron chi connectivity index (χ3n) is 2.11. The van der Waals surface area contributed by atoms with Crippen molar-refractivity contribution in [3.05, 3.63) is 42.2 Å². The summed E-state index contributed by atoms with van der Waals surface area (Å²) in [6.45, 7) is 0. The van der Waals surface area contributed by atoms with E-state index in [2.05, 4.69) is 20.2 Å². The van der Waals surface area contributed by atoms with Crippen molar-refractivity contribution in [3.8, 4) is 22.3 Å². The van der Waals surface area contributed by atoms with Crippen molar-refractivity contribution in [3.63, 3.8) is 0 Å². The lowest BCUT2D eigenvalue weighted by molar-refractivity contribution is 0.460. The molecule has 0 aliphatic heterocycles. The number of aromatic nitrogens is 4. The van der Waals surface area contributed by atoms with Crippen LogP contribution in [0.2, 0.25) is 0 Å². The summed E-state index contributed by atoms with van der Waals surface area (Å²) in [5.41, 5.74) is 1.78. The van der Waals surface area contributed by atoms with Crippen LogP contribution in [0.4, 0.5) is 0 Å². The molecule has 0 aromatic carbocycles. The molecule has 6 heteroatoms. The van der Waals surface area contributed by atoms with Gasteiger partial charge in [-0.25, -0.2) is 9.97 Å². The second-order valence-electron chi connectivity index (χ2n) is 3.26. The van der Waals surface area contributed by atoms with Crippen molar-refractivity contribution in [1.82, 2.24) is 20.2 Å². The summed E-state index contributed by atoms with van der Waals surface area (Å²) >= 11 is 1.43. The first-order valence-corrected chi connectivity index (χ1v) is 5.83. The highest BCUT2D eigenvalue weighted by Gasteiger charge is 2.07. The van der Waals surface area contributed by atoms with E-state index in [1.807, 2.05) is 17.5 Å². The van der Waals surface area contributed by atoms with E-state index in [9.17, 15) is 0 Å². The molecule has 0 saturated carbocycles. The first-order valence-electron chi connectivity index (χ1n) is 4.95. The lowest BCUT2D eigenvalue weighted by atomic mass is 10.3. The molecule has 0 fully saturated rings. The number of H-pyrrole nitrogens is 1. The SMILES string of the molecule is c1ccc(Oc2nc(-c3cn[nH]c3)cs2)nc1. The molecule has 0 aliphatic rings. The van der Waals surface area contributed by atoms with Gasteiger partial charge in [-0.05, 0) is 6.07 Å². The molecule has 0 bridgehead atoms. The third kappa shape index (κ3) is 2.16. The summed E-state index contributed by atoms with van der Waals surface area (Å²) in [7, 11) is 0. The van der Waals surface area contributed by atoms with Crippen molar-refractivity contribution in [2.45, 2.75) is 0 Å². The molecule has 0 radical (unpaired) electrons. The Labute approximate surface area is 101 Å². The van der Waals surface area contributed by atoms with Crippen LogP contribution in [-0.2, 0) is 0 Å². The summed E-state index contributed by atoms with van der Waals surface area (Å²) in [5, 5.41) is 9.12. The molecular weight excluding hydrogens is 236 g/mol. The van der Waals surface area contributed by atoms with Gasteiger partial charge in [0, 0.05) is 29.4 Å². The minimum atomic E-state index is 0.542. The Balaban J connectivity index is 1.82. The van der Waals surface area contributed by atoms with Crippen molar-refractivity contribution in [2.75, 3.05) is 0 Å². The topological polar surface area (TPSA) is 63.7 Å². The first kappa shape index (κ1) is 9.98. The minimum absolute atomic E-state index is 0.542. The largest absolute Gasteiger partial charge is 0.412 e. The summed E-state index contributed by atoms with van der Waals surface area (Å²) in [4.78, 5) is 8.42. The number of aromatic amines is 1. The first-order chi connectivity index (χ1) is 8.42. The average molecular weight is 244 g/mol. The second kappa shape index (κ2) is 4.34.